The van der Waals surface area contributed by atoms with Gasteiger partial charge in [0.15, 0.2) is 0 Å². The van der Waals surface area contributed by atoms with Crippen molar-refractivity contribution >= 4 is 40.6 Å². The molecular weight excluding hydrogens is 369 g/mol. The second kappa shape index (κ2) is 6.63. The number of nitrogens with one attached hydrogen (secondary N) is 1. The molecule has 1 amide bonds. The number of aryl methyl sites for hydroxylation is 1. The molecule has 0 radical (unpaired) electrons. The van der Waals surface area contributed by atoms with Crippen molar-refractivity contribution in [2.75, 3.05) is 10.2 Å². The maximum absolute atomic E-state index is 13.0. The number of pyridine rings is 1. The van der Waals surface area contributed by atoms with Gasteiger partial charge in [-0.25, -0.2) is 4.98 Å². The van der Waals surface area contributed by atoms with Crippen LogP contribution in [0.4, 0.5) is 11.5 Å². The third-order valence-corrected chi connectivity index (χ3v) is 5.17. The average molecular weight is 384 g/mol. The van der Waals surface area contributed by atoms with Crippen molar-refractivity contribution in [3.63, 3.8) is 0 Å². The number of rotatable bonds is 3. The van der Waals surface area contributed by atoms with Gasteiger partial charge in [-0.2, -0.15) is 0 Å². The molecule has 26 heavy (non-hydrogen) atoms. The molecule has 0 unspecified atom stereocenters. The molecule has 1 atom stereocenters. The van der Waals surface area contributed by atoms with E-state index in [4.69, 9.17) is 23.2 Å². The van der Waals surface area contributed by atoms with Crippen molar-refractivity contribution in [2.24, 2.45) is 0 Å². The van der Waals surface area contributed by atoms with Crippen LogP contribution < -0.4 is 10.2 Å². The molecular formula is C20H15Cl2N3O. The Labute approximate surface area is 161 Å². The number of hydrogen-bond acceptors (Lipinski definition) is 3. The second-order valence-electron chi connectivity index (χ2n) is 6.10. The van der Waals surface area contributed by atoms with Gasteiger partial charge in [-0.3, -0.25) is 9.69 Å². The fourth-order valence-corrected chi connectivity index (χ4v) is 3.46. The summed E-state index contributed by atoms with van der Waals surface area (Å²) in [5.74, 6) is 0.483. The van der Waals surface area contributed by atoms with E-state index in [9.17, 15) is 4.79 Å². The van der Waals surface area contributed by atoms with Crippen molar-refractivity contribution in [3.05, 3.63) is 87.5 Å². The van der Waals surface area contributed by atoms with E-state index in [1.54, 1.807) is 17.2 Å². The van der Waals surface area contributed by atoms with Gasteiger partial charge in [0.25, 0.3) is 5.91 Å². The number of hydrogen-bond donors (Lipinski definition) is 1. The van der Waals surface area contributed by atoms with E-state index >= 15 is 0 Å². The molecule has 0 saturated carbocycles. The van der Waals surface area contributed by atoms with Crippen LogP contribution in [-0.4, -0.2) is 10.9 Å². The lowest BCUT2D eigenvalue weighted by atomic mass is 10.1. The van der Waals surface area contributed by atoms with Crippen LogP contribution in [0.3, 0.4) is 0 Å². The van der Waals surface area contributed by atoms with Gasteiger partial charge in [-0.05, 0) is 42.8 Å². The lowest BCUT2D eigenvalue weighted by Crippen LogP contribution is -2.33. The first-order valence-electron chi connectivity index (χ1n) is 8.12. The summed E-state index contributed by atoms with van der Waals surface area (Å²) in [6, 6.07) is 16.7. The van der Waals surface area contributed by atoms with Crippen LogP contribution in [0.5, 0.6) is 0 Å². The number of carbonyl (C=O) groups excluding carboxylic acids is 1. The molecule has 4 rings (SSSR count). The normalized spacial score (nSPS) is 15.9. The van der Waals surface area contributed by atoms with Crippen molar-refractivity contribution in [3.8, 4) is 0 Å². The quantitative estimate of drug-likeness (QED) is 0.652. The zero-order valence-corrected chi connectivity index (χ0v) is 15.4. The van der Waals surface area contributed by atoms with Gasteiger partial charge in [-0.1, -0.05) is 47.5 Å². The monoisotopic (exact) mass is 383 g/mol. The summed E-state index contributed by atoms with van der Waals surface area (Å²) in [7, 11) is 0. The third kappa shape index (κ3) is 2.81. The topological polar surface area (TPSA) is 45.2 Å². The summed E-state index contributed by atoms with van der Waals surface area (Å²) in [6.45, 7) is 1.97. The number of carbonyl (C=O) groups is 1. The molecule has 1 aliphatic heterocycles. The molecule has 1 N–H and O–H groups in total. The Morgan fingerprint density at radius 2 is 1.88 bits per heavy atom. The molecule has 0 fully saturated rings. The lowest BCUT2D eigenvalue weighted by molar-refractivity contribution is 0.0992. The van der Waals surface area contributed by atoms with Gasteiger partial charge in [0.1, 0.15) is 12.0 Å². The number of nitrogens with zero attached hydrogens (tertiary/aromatic N) is 2. The molecule has 0 spiro atoms. The zero-order chi connectivity index (χ0) is 18.3. The molecule has 1 aliphatic rings. The predicted octanol–water partition coefficient (Wildman–Crippen LogP) is 5.47. The predicted molar refractivity (Wildman–Crippen MR) is 105 cm³/mol. The van der Waals surface area contributed by atoms with E-state index in [0.29, 0.717) is 27.1 Å². The van der Waals surface area contributed by atoms with Gasteiger partial charge in [0.05, 0.1) is 15.7 Å². The highest BCUT2D eigenvalue weighted by atomic mass is 35.5. The minimum absolute atomic E-state index is 0.102. The van der Waals surface area contributed by atoms with Crippen molar-refractivity contribution in [1.29, 1.82) is 0 Å². The highest BCUT2D eigenvalue weighted by Gasteiger charge is 2.38. The Bertz CT molecular complexity index is 1010. The van der Waals surface area contributed by atoms with Gasteiger partial charge >= 0.3 is 0 Å². The summed E-state index contributed by atoms with van der Waals surface area (Å²) in [5.41, 5.74) is 3.20. The van der Waals surface area contributed by atoms with Crippen LogP contribution in [0, 0.1) is 6.92 Å². The minimum atomic E-state index is -0.427. The summed E-state index contributed by atoms with van der Waals surface area (Å²) in [6.07, 6.45) is 1.27. The number of aromatic nitrogens is 1. The first-order valence-corrected chi connectivity index (χ1v) is 8.87. The molecule has 2 aromatic carbocycles. The number of benzene rings is 2. The first kappa shape index (κ1) is 16.9. The molecule has 0 bridgehead atoms. The minimum Gasteiger partial charge on any atom is -0.360 e. The van der Waals surface area contributed by atoms with E-state index in [-0.39, 0.29) is 5.91 Å². The molecule has 3 aromatic rings. The Morgan fingerprint density at radius 1 is 1.08 bits per heavy atom. The highest BCUT2D eigenvalue weighted by Crippen LogP contribution is 2.39. The number of fused-ring (bicyclic) bond motifs is 1. The Hall–Kier alpha value is -2.56. The van der Waals surface area contributed by atoms with Gasteiger partial charge < -0.3 is 5.32 Å². The van der Waals surface area contributed by atoms with Gasteiger partial charge in [0.2, 0.25) is 0 Å². The van der Waals surface area contributed by atoms with Gasteiger partial charge in [-0.15, -0.1) is 0 Å². The largest absolute Gasteiger partial charge is 0.360 e. The smallest absolute Gasteiger partial charge is 0.261 e. The molecule has 4 nitrogen and oxygen atoms in total. The van der Waals surface area contributed by atoms with E-state index in [1.807, 2.05) is 55.5 Å². The van der Waals surface area contributed by atoms with E-state index in [2.05, 4.69) is 10.3 Å². The second-order valence-corrected chi connectivity index (χ2v) is 6.89. The van der Waals surface area contributed by atoms with E-state index < -0.39 is 6.17 Å². The lowest BCUT2D eigenvalue weighted by Gasteiger charge is -2.27. The molecule has 0 aliphatic carbocycles. The van der Waals surface area contributed by atoms with Crippen molar-refractivity contribution in [1.82, 2.24) is 4.98 Å². The fourth-order valence-electron chi connectivity index (χ4n) is 3.11. The fraction of sp³-hybridized carbons (Fsp3) is 0.100. The molecule has 0 saturated heterocycles. The maximum Gasteiger partial charge on any atom is 0.261 e. The first-order chi connectivity index (χ1) is 12.6. The molecule has 130 valence electrons. The zero-order valence-electron chi connectivity index (χ0n) is 13.9. The summed E-state index contributed by atoms with van der Waals surface area (Å²) >= 11 is 12.5. The van der Waals surface area contributed by atoms with Gasteiger partial charge in [0, 0.05) is 17.3 Å². The number of anilines is 2. The maximum atomic E-state index is 13.0. The average Bonchev–Trinajstić information content (AvgIpc) is 2.91. The van der Waals surface area contributed by atoms with Crippen molar-refractivity contribution in [2.45, 2.75) is 13.1 Å². The Balaban J connectivity index is 1.82. The molecule has 6 heteroatoms. The Morgan fingerprint density at radius 3 is 2.69 bits per heavy atom. The number of halogens is 2. The van der Waals surface area contributed by atoms with Crippen LogP contribution in [-0.2, 0) is 0 Å². The summed E-state index contributed by atoms with van der Waals surface area (Å²) < 4.78 is 0. The van der Waals surface area contributed by atoms with Crippen LogP contribution in [0.1, 0.15) is 27.7 Å². The third-order valence-electron chi connectivity index (χ3n) is 4.35. The molecule has 1 aromatic heterocycles. The van der Waals surface area contributed by atoms with E-state index in [1.165, 1.54) is 0 Å². The van der Waals surface area contributed by atoms with Crippen LogP contribution in [0.2, 0.25) is 10.0 Å². The van der Waals surface area contributed by atoms with Crippen LogP contribution >= 0.6 is 23.2 Å². The highest BCUT2D eigenvalue weighted by molar-refractivity contribution is 6.43. The van der Waals surface area contributed by atoms with Crippen LogP contribution in [0.25, 0.3) is 0 Å². The Kier molecular flexibility index (Phi) is 4.31. The summed E-state index contributed by atoms with van der Waals surface area (Å²) in [4.78, 5) is 19.1. The van der Waals surface area contributed by atoms with Crippen LogP contribution in [0.15, 0.2) is 60.8 Å². The standard InChI is InChI=1S/C20H15Cl2N3O/c1-12-9-10-23-17(11-12)25-19(13-5-2-3-6-14(13)20(25)26)24-16-8-4-7-15(21)18(16)22/h2-11,19,24H,1H3/t19-/m0/s1. The number of amides is 1. The molecule has 2 heterocycles. The van der Waals surface area contributed by atoms with Crippen molar-refractivity contribution < 1.29 is 4.79 Å². The SMILES string of the molecule is Cc1ccnc(N2C(=O)c3ccccc3[C@H]2Nc2cccc(Cl)c2Cl)c1. The van der Waals surface area contributed by atoms with E-state index in [0.717, 1.165) is 11.1 Å². The summed E-state index contributed by atoms with van der Waals surface area (Å²) in [5, 5.41) is 4.23.